The van der Waals surface area contributed by atoms with Crippen LogP contribution in [0.15, 0.2) is 12.1 Å². The fourth-order valence-corrected chi connectivity index (χ4v) is 2.77. The molecule has 0 saturated carbocycles. The Morgan fingerprint density at radius 2 is 2.28 bits per heavy atom. The third-order valence-corrected chi connectivity index (χ3v) is 4.02. The highest BCUT2D eigenvalue weighted by Crippen LogP contribution is 2.28. The summed E-state index contributed by atoms with van der Waals surface area (Å²) >= 11 is 7.25. The molecule has 2 unspecified atom stereocenters. The Hall–Kier alpha value is -0.620. The van der Waals surface area contributed by atoms with Crippen molar-refractivity contribution in [1.82, 2.24) is 4.90 Å². The predicted octanol–water partition coefficient (Wildman–Crippen LogP) is 1.97. The number of aliphatic hydroxyl groups is 1. The molecule has 102 valence electrons. The maximum absolute atomic E-state index is 12.1. The third kappa shape index (κ3) is 4.24. The summed E-state index contributed by atoms with van der Waals surface area (Å²) in [6.07, 6.45) is -0.664. The monoisotopic (exact) mass is 291 g/mol. The summed E-state index contributed by atoms with van der Waals surface area (Å²) < 4.78 is 5.50. The Kier molecular flexibility index (Phi) is 6.08. The van der Waals surface area contributed by atoms with Gasteiger partial charge in [-0.1, -0.05) is 11.6 Å². The number of amides is 1. The molecule has 1 heterocycles. The summed E-state index contributed by atoms with van der Waals surface area (Å²) in [7, 11) is 3.19. The van der Waals surface area contributed by atoms with Crippen LogP contribution in [0, 0.1) is 0 Å². The number of hydrogen-bond acceptors (Lipinski definition) is 4. The molecule has 0 aliphatic heterocycles. The summed E-state index contributed by atoms with van der Waals surface area (Å²) in [4.78, 5) is 14.6. The van der Waals surface area contributed by atoms with E-state index in [0.717, 1.165) is 4.88 Å². The molecule has 1 aromatic heterocycles. The van der Waals surface area contributed by atoms with Crippen molar-refractivity contribution in [2.45, 2.75) is 18.9 Å². The van der Waals surface area contributed by atoms with Crippen LogP contribution in [0.5, 0.6) is 0 Å². The van der Waals surface area contributed by atoms with Gasteiger partial charge in [0.2, 0.25) is 5.91 Å². The summed E-state index contributed by atoms with van der Waals surface area (Å²) in [6, 6.07) is 3.64. The van der Waals surface area contributed by atoms with Gasteiger partial charge in [0, 0.05) is 25.6 Å². The Bertz CT molecular complexity index is 396. The van der Waals surface area contributed by atoms with Crippen molar-refractivity contribution >= 4 is 28.8 Å². The average Bonchev–Trinajstić information content (AvgIpc) is 2.74. The van der Waals surface area contributed by atoms with E-state index in [1.165, 1.54) is 23.3 Å². The van der Waals surface area contributed by atoms with E-state index in [4.69, 9.17) is 16.3 Å². The highest BCUT2D eigenvalue weighted by Gasteiger charge is 2.22. The van der Waals surface area contributed by atoms with Crippen molar-refractivity contribution in [2.24, 2.45) is 0 Å². The fourth-order valence-electron chi connectivity index (χ4n) is 1.66. The molecule has 6 heteroatoms. The second kappa shape index (κ2) is 7.09. The van der Waals surface area contributed by atoms with E-state index in [1.54, 1.807) is 13.1 Å². The third-order valence-electron chi connectivity index (χ3n) is 2.61. The summed E-state index contributed by atoms with van der Waals surface area (Å²) in [5.74, 6) is -0.286. The van der Waals surface area contributed by atoms with Crippen molar-refractivity contribution in [3.8, 4) is 0 Å². The molecule has 0 saturated heterocycles. The Morgan fingerprint density at radius 3 is 2.78 bits per heavy atom. The van der Waals surface area contributed by atoms with Gasteiger partial charge in [0.1, 0.15) is 0 Å². The lowest BCUT2D eigenvalue weighted by Gasteiger charge is -2.23. The predicted molar refractivity (Wildman–Crippen MR) is 73.3 cm³/mol. The SMILES string of the molecule is COCC(O)CN(C)C(=O)C(C)c1ccc(Cl)s1. The number of thiophene rings is 1. The summed E-state index contributed by atoms with van der Waals surface area (Å²) in [6.45, 7) is 2.32. The highest BCUT2D eigenvalue weighted by atomic mass is 35.5. The van der Waals surface area contributed by atoms with Gasteiger partial charge in [-0.05, 0) is 19.1 Å². The number of methoxy groups -OCH3 is 1. The molecule has 1 N–H and O–H groups in total. The molecule has 1 aromatic rings. The first-order chi connectivity index (χ1) is 8.45. The van der Waals surface area contributed by atoms with Crippen LogP contribution in [0.1, 0.15) is 17.7 Å². The van der Waals surface area contributed by atoms with Crippen LogP contribution < -0.4 is 0 Å². The number of ether oxygens (including phenoxy) is 1. The minimum atomic E-state index is -0.664. The van der Waals surface area contributed by atoms with Crippen LogP contribution in [0.3, 0.4) is 0 Å². The van der Waals surface area contributed by atoms with Gasteiger partial charge in [0.05, 0.1) is 23.0 Å². The van der Waals surface area contributed by atoms with Crippen molar-refractivity contribution in [3.05, 3.63) is 21.3 Å². The van der Waals surface area contributed by atoms with Crippen LogP contribution in [0.2, 0.25) is 4.34 Å². The zero-order valence-corrected chi connectivity index (χ0v) is 12.3. The lowest BCUT2D eigenvalue weighted by Crippen LogP contribution is -2.38. The Morgan fingerprint density at radius 1 is 1.61 bits per heavy atom. The molecule has 0 fully saturated rings. The largest absolute Gasteiger partial charge is 0.389 e. The summed E-state index contributed by atoms with van der Waals surface area (Å²) in [5, 5.41) is 9.59. The van der Waals surface area contributed by atoms with Crippen LogP contribution in [0.4, 0.5) is 0 Å². The molecule has 18 heavy (non-hydrogen) atoms. The second-order valence-electron chi connectivity index (χ2n) is 4.19. The minimum Gasteiger partial charge on any atom is -0.389 e. The molecule has 2 atom stereocenters. The van der Waals surface area contributed by atoms with E-state index in [9.17, 15) is 9.90 Å². The molecule has 4 nitrogen and oxygen atoms in total. The number of rotatable bonds is 6. The van der Waals surface area contributed by atoms with Gasteiger partial charge in [-0.15, -0.1) is 11.3 Å². The van der Waals surface area contributed by atoms with Gasteiger partial charge in [0.25, 0.3) is 0 Å². The van der Waals surface area contributed by atoms with E-state index in [1.807, 2.05) is 13.0 Å². The smallest absolute Gasteiger partial charge is 0.230 e. The topological polar surface area (TPSA) is 49.8 Å². The lowest BCUT2D eigenvalue weighted by molar-refractivity contribution is -0.132. The molecule has 1 rings (SSSR count). The lowest BCUT2D eigenvalue weighted by atomic mass is 10.1. The molecular weight excluding hydrogens is 274 g/mol. The van der Waals surface area contributed by atoms with E-state index in [2.05, 4.69) is 0 Å². The van der Waals surface area contributed by atoms with Crippen molar-refractivity contribution < 1.29 is 14.6 Å². The van der Waals surface area contributed by atoms with Gasteiger partial charge in [0.15, 0.2) is 0 Å². The first-order valence-electron chi connectivity index (χ1n) is 5.63. The number of hydrogen-bond donors (Lipinski definition) is 1. The van der Waals surface area contributed by atoms with Crippen LogP contribution in [-0.2, 0) is 9.53 Å². The average molecular weight is 292 g/mol. The fraction of sp³-hybridized carbons (Fsp3) is 0.583. The van der Waals surface area contributed by atoms with E-state index in [-0.39, 0.29) is 25.0 Å². The maximum Gasteiger partial charge on any atom is 0.230 e. The first-order valence-corrected chi connectivity index (χ1v) is 6.82. The van der Waals surface area contributed by atoms with Gasteiger partial charge in [-0.2, -0.15) is 0 Å². The van der Waals surface area contributed by atoms with E-state index < -0.39 is 6.10 Å². The van der Waals surface area contributed by atoms with Crippen molar-refractivity contribution in [1.29, 1.82) is 0 Å². The van der Waals surface area contributed by atoms with E-state index in [0.29, 0.717) is 4.34 Å². The molecular formula is C12H18ClNO3S. The van der Waals surface area contributed by atoms with Gasteiger partial charge in [-0.3, -0.25) is 4.79 Å². The van der Waals surface area contributed by atoms with Crippen molar-refractivity contribution in [2.75, 3.05) is 27.3 Å². The molecule has 0 spiro atoms. The van der Waals surface area contributed by atoms with Gasteiger partial charge < -0.3 is 14.7 Å². The number of halogens is 1. The van der Waals surface area contributed by atoms with Crippen molar-refractivity contribution in [3.63, 3.8) is 0 Å². The van der Waals surface area contributed by atoms with Crippen LogP contribution >= 0.6 is 22.9 Å². The Balaban J connectivity index is 2.58. The zero-order valence-electron chi connectivity index (χ0n) is 10.7. The molecule has 0 aromatic carbocycles. The number of carbonyl (C=O) groups is 1. The first kappa shape index (κ1) is 15.4. The highest BCUT2D eigenvalue weighted by molar-refractivity contribution is 7.16. The standard InChI is InChI=1S/C12H18ClNO3S/c1-8(10-4-5-11(13)18-10)12(16)14(2)6-9(15)7-17-3/h4-5,8-9,15H,6-7H2,1-3H3. The number of carbonyl (C=O) groups excluding carboxylic acids is 1. The minimum absolute atomic E-state index is 0.0383. The number of nitrogens with zero attached hydrogens (tertiary/aromatic N) is 1. The molecule has 1 amide bonds. The van der Waals surface area contributed by atoms with E-state index >= 15 is 0 Å². The number of likely N-dealkylation sites (N-methyl/N-ethyl adjacent to an activating group) is 1. The molecule has 0 radical (unpaired) electrons. The normalized spacial score (nSPS) is 14.3. The van der Waals surface area contributed by atoms with Gasteiger partial charge in [-0.25, -0.2) is 0 Å². The summed E-state index contributed by atoms with van der Waals surface area (Å²) in [5.41, 5.74) is 0. The number of aliphatic hydroxyl groups excluding tert-OH is 1. The van der Waals surface area contributed by atoms with Crippen LogP contribution in [-0.4, -0.2) is 49.3 Å². The molecule has 0 aliphatic carbocycles. The Labute approximate surface area is 116 Å². The maximum atomic E-state index is 12.1. The quantitative estimate of drug-likeness (QED) is 0.872. The zero-order chi connectivity index (χ0) is 13.7. The molecule has 0 aliphatic rings. The van der Waals surface area contributed by atoms with Crippen LogP contribution in [0.25, 0.3) is 0 Å². The second-order valence-corrected chi connectivity index (χ2v) is 5.94. The van der Waals surface area contributed by atoms with Gasteiger partial charge >= 0.3 is 0 Å². The molecule has 0 bridgehead atoms.